The Balaban J connectivity index is 1.98. The SMILES string of the molecule is O=C(C[n+]1cccc2ccccc21)c1ccccc1O. The first-order chi connectivity index (χ1) is 9.75. The van der Waals surface area contributed by atoms with Gasteiger partial charge < -0.3 is 5.11 Å². The molecule has 0 radical (unpaired) electrons. The Morgan fingerprint density at radius 1 is 0.950 bits per heavy atom. The number of hydrogen-bond donors (Lipinski definition) is 1. The first kappa shape index (κ1) is 12.4. The molecule has 1 N–H and O–H groups in total. The summed E-state index contributed by atoms with van der Waals surface area (Å²) >= 11 is 0. The average molecular weight is 264 g/mol. The molecule has 20 heavy (non-hydrogen) atoms. The van der Waals surface area contributed by atoms with E-state index in [1.165, 1.54) is 6.07 Å². The standard InChI is InChI=1S/C17H13NO2/c19-16-10-4-2-8-14(16)17(20)12-18-11-5-7-13-6-1-3-9-15(13)18/h1-11H,12H2/p+1. The van der Waals surface area contributed by atoms with Crippen LogP contribution in [0.15, 0.2) is 66.9 Å². The molecule has 0 saturated heterocycles. The van der Waals surface area contributed by atoms with E-state index in [1.807, 2.05) is 47.2 Å². The number of carbonyl (C=O) groups is 1. The first-order valence-corrected chi connectivity index (χ1v) is 6.44. The Bertz CT molecular complexity index is 775. The second-order valence-corrected chi connectivity index (χ2v) is 4.64. The molecule has 3 rings (SSSR count). The van der Waals surface area contributed by atoms with Gasteiger partial charge in [0.2, 0.25) is 17.8 Å². The van der Waals surface area contributed by atoms with Gasteiger partial charge in [0.15, 0.2) is 6.20 Å². The fourth-order valence-electron chi connectivity index (χ4n) is 2.31. The van der Waals surface area contributed by atoms with Crippen molar-refractivity contribution in [1.82, 2.24) is 0 Å². The molecule has 1 aromatic heterocycles. The maximum Gasteiger partial charge on any atom is 0.231 e. The number of aromatic hydroxyl groups is 1. The van der Waals surface area contributed by atoms with Crippen LogP contribution in [0.25, 0.3) is 10.9 Å². The molecule has 0 bridgehead atoms. The lowest BCUT2D eigenvalue weighted by molar-refractivity contribution is -0.657. The van der Waals surface area contributed by atoms with Crippen LogP contribution < -0.4 is 4.57 Å². The van der Waals surface area contributed by atoms with E-state index in [2.05, 4.69) is 0 Å². The third-order valence-electron chi connectivity index (χ3n) is 3.31. The van der Waals surface area contributed by atoms with Gasteiger partial charge in [-0.05, 0) is 24.3 Å². The highest BCUT2D eigenvalue weighted by atomic mass is 16.3. The summed E-state index contributed by atoms with van der Waals surface area (Å²) in [6.07, 6.45) is 1.88. The van der Waals surface area contributed by atoms with Gasteiger partial charge in [0.25, 0.3) is 0 Å². The molecule has 98 valence electrons. The predicted octanol–water partition coefficient (Wildman–Crippen LogP) is 2.72. The van der Waals surface area contributed by atoms with Crippen molar-refractivity contribution in [3.8, 4) is 5.75 Å². The van der Waals surface area contributed by atoms with Crippen LogP contribution in [0.5, 0.6) is 5.75 Å². The molecule has 0 saturated carbocycles. The molecule has 0 aliphatic rings. The Hall–Kier alpha value is -2.68. The molecule has 0 amide bonds. The van der Waals surface area contributed by atoms with Gasteiger partial charge in [-0.15, -0.1) is 0 Å². The summed E-state index contributed by atoms with van der Waals surface area (Å²) in [4.78, 5) is 12.3. The molecule has 3 nitrogen and oxygen atoms in total. The minimum Gasteiger partial charge on any atom is -0.507 e. The van der Waals surface area contributed by atoms with Crippen molar-refractivity contribution in [2.75, 3.05) is 0 Å². The van der Waals surface area contributed by atoms with E-state index in [1.54, 1.807) is 18.2 Å². The molecule has 3 heteroatoms. The molecule has 3 aromatic rings. The monoisotopic (exact) mass is 264 g/mol. The zero-order chi connectivity index (χ0) is 13.9. The fraction of sp³-hybridized carbons (Fsp3) is 0.0588. The largest absolute Gasteiger partial charge is 0.507 e. The van der Waals surface area contributed by atoms with Crippen molar-refractivity contribution in [1.29, 1.82) is 0 Å². The van der Waals surface area contributed by atoms with Crippen LogP contribution in [0, 0.1) is 0 Å². The molecule has 0 unspecified atom stereocenters. The highest BCUT2D eigenvalue weighted by Gasteiger charge is 2.17. The highest BCUT2D eigenvalue weighted by molar-refractivity contribution is 5.97. The van der Waals surface area contributed by atoms with Crippen molar-refractivity contribution < 1.29 is 14.5 Å². The minimum absolute atomic E-state index is 0.0262. The smallest absolute Gasteiger partial charge is 0.231 e. The third kappa shape index (κ3) is 2.26. The molecule has 2 aromatic carbocycles. The lowest BCUT2D eigenvalue weighted by Crippen LogP contribution is -2.38. The van der Waals surface area contributed by atoms with Gasteiger partial charge in [-0.1, -0.05) is 24.3 Å². The summed E-state index contributed by atoms with van der Waals surface area (Å²) in [6.45, 7) is 0.207. The number of nitrogens with zero attached hydrogens (tertiary/aromatic N) is 1. The lowest BCUT2D eigenvalue weighted by atomic mass is 10.1. The van der Waals surface area contributed by atoms with Crippen molar-refractivity contribution in [3.05, 3.63) is 72.4 Å². The van der Waals surface area contributed by atoms with Gasteiger partial charge in [0.05, 0.1) is 5.56 Å². The summed E-state index contributed by atoms with van der Waals surface area (Å²) in [5, 5.41) is 10.8. The van der Waals surface area contributed by atoms with E-state index in [9.17, 15) is 9.90 Å². The number of fused-ring (bicyclic) bond motifs is 1. The predicted molar refractivity (Wildman–Crippen MR) is 76.6 cm³/mol. The normalized spacial score (nSPS) is 10.6. The number of rotatable bonds is 3. The van der Waals surface area contributed by atoms with Gasteiger partial charge >= 0.3 is 0 Å². The Morgan fingerprint density at radius 3 is 2.50 bits per heavy atom. The number of para-hydroxylation sites is 2. The number of pyridine rings is 1. The summed E-state index contributed by atoms with van der Waals surface area (Å²) in [5.41, 5.74) is 1.35. The van der Waals surface area contributed by atoms with Crippen LogP contribution in [-0.2, 0) is 6.54 Å². The first-order valence-electron chi connectivity index (χ1n) is 6.44. The highest BCUT2D eigenvalue weighted by Crippen LogP contribution is 2.16. The van der Waals surface area contributed by atoms with Crippen LogP contribution in [0.1, 0.15) is 10.4 Å². The van der Waals surface area contributed by atoms with E-state index < -0.39 is 0 Å². The number of ketones is 1. The van der Waals surface area contributed by atoms with Crippen LogP contribution in [0.4, 0.5) is 0 Å². The van der Waals surface area contributed by atoms with Gasteiger partial charge in [-0.25, -0.2) is 0 Å². The number of carbonyl (C=O) groups excluding carboxylic acids is 1. The number of benzene rings is 2. The fourth-order valence-corrected chi connectivity index (χ4v) is 2.31. The summed E-state index contributed by atoms with van der Waals surface area (Å²) in [6, 6.07) is 18.5. The zero-order valence-electron chi connectivity index (χ0n) is 10.9. The van der Waals surface area contributed by atoms with E-state index in [4.69, 9.17) is 0 Å². The summed E-state index contributed by atoms with van der Waals surface area (Å²) in [5.74, 6) is -0.0808. The molecule has 0 spiro atoms. The average Bonchev–Trinajstić information content (AvgIpc) is 2.48. The van der Waals surface area contributed by atoms with Gasteiger partial charge in [-0.3, -0.25) is 4.79 Å². The third-order valence-corrected chi connectivity index (χ3v) is 3.31. The van der Waals surface area contributed by atoms with Crippen LogP contribution >= 0.6 is 0 Å². The molecular formula is C17H14NO2+. The zero-order valence-corrected chi connectivity index (χ0v) is 10.9. The summed E-state index contributed by atoms with van der Waals surface area (Å²) in [7, 11) is 0. The van der Waals surface area contributed by atoms with E-state index in [0.29, 0.717) is 5.56 Å². The van der Waals surface area contributed by atoms with Gasteiger partial charge in [0.1, 0.15) is 5.75 Å². The Morgan fingerprint density at radius 2 is 1.65 bits per heavy atom. The molecule has 0 atom stereocenters. The Kier molecular flexibility index (Phi) is 3.17. The summed E-state index contributed by atoms with van der Waals surface area (Å²) < 4.78 is 1.89. The molecule has 0 aliphatic carbocycles. The second-order valence-electron chi connectivity index (χ2n) is 4.64. The minimum atomic E-state index is -0.107. The van der Waals surface area contributed by atoms with Crippen molar-refractivity contribution in [3.63, 3.8) is 0 Å². The topological polar surface area (TPSA) is 41.2 Å². The number of phenols is 1. The van der Waals surface area contributed by atoms with Crippen molar-refractivity contribution in [2.24, 2.45) is 0 Å². The van der Waals surface area contributed by atoms with Crippen LogP contribution in [-0.4, -0.2) is 10.9 Å². The molecule has 0 aliphatic heterocycles. The van der Waals surface area contributed by atoms with Crippen molar-refractivity contribution >= 4 is 16.7 Å². The van der Waals surface area contributed by atoms with Gasteiger partial charge in [0, 0.05) is 17.5 Å². The van der Waals surface area contributed by atoms with Crippen LogP contribution in [0.2, 0.25) is 0 Å². The number of phenolic OH excluding ortho intramolecular Hbond substituents is 1. The number of aromatic nitrogens is 1. The second kappa shape index (κ2) is 5.13. The molecular weight excluding hydrogens is 250 g/mol. The van der Waals surface area contributed by atoms with E-state index in [0.717, 1.165) is 10.9 Å². The maximum atomic E-state index is 12.3. The Labute approximate surface area is 116 Å². The van der Waals surface area contributed by atoms with Crippen LogP contribution in [0.3, 0.4) is 0 Å². The van der Waals surface area contributed by atoms with Gasteiger partial charge in [-0.2, -0.15) is 4.57 Å². The van der Waals surface area contributed by atoms with E-state index >= 15 is 0 Å². The van der Waals surface area contributed by atoms with Crippen molar-refractivity contribution in [2.45, 2.75) is 6.54 Å². The number of hydrogen-bond acceptors (Lipinski definition) is 2. The molecule has 1 heterocycles. The van der Waals surface area contributed by atoms with E-state index in [-0.39, 0.29) is 18.1 Å². The maximum absolute atomic E-state index is 12.3. The lowest BCUT2D eigenvalue weighted by Gasteiger charge is -2.03. The number of Topliss-reactive ketones (excluding diaryl/α,β-unsaturated/α-hetero) is 1. The molecule has 0 fully saturated rings. The quantitative estimate of drug-likeness (QED) is 0.583.